The van der Waals surface area contributed by atoms with E-state index < -0.39 is 5.54 Å². The molecule has 5 heteroatoms. The van der Waals surface area contributed by atoms with E-state index in [1.807, 2.05) is 55.5 Å². The third-order valence-electron chi connectivity index (χ3n) is 6.56. The summed E-state index contributed by atoms with van der Waals surface area (Å²) in [4.78, 5) is 28.8. The second-order valence-corrected chi connectivity index (χ2v) is 9.22. The fourth-order valence-corrected chi connectivity index (χ4v) is 4.83. The van der Waals surface area contributed by atoms with Crippen LogP contribution in [0.25, 0.3) is 0 Å². The van der Waals surface area contributed by atoms with E-state index in [4.69, 9.17) is 11.6 Å². The maximum atomic E-state index is 13.6. The van der Waals surface area contributed by atoms with Crippen LogP contribution in [0.2, 0.25) is 5.02 Å². The lowest BCUT2D eigenvalue weighted by Gasteiger charge is -2.44. The molecule has 1 saturated carbocycles. The van der Waals surface area contributed by atoms with Crippen LogP contribution in [0, 0.1) is 0 Å². The zero-order valence-electron chi connectivity index (χ0n) is 17.5. The first-order valence-corrected chi connectivity index (χ1v) is 11.3. The van der Waals surface area contributed by atoms with E-state index in [9.17, 15) is 9.59 Å². The van der Waals surface area contributed by atoms with Gasteiger partial charge in [0.2, 0.25) is 5.91 Å². The molecule has 0 bridgehead atoms. The molecule has 1 aliphatic heterocycles. The average molecular weight is 425 g/mol. The third-order valence-corrected chi connectivity index (χ3v) is 6.81. The van der Waals surface area contributed by atoms with Gasteiger partial charge in [-0.1, -0.05) is 67.6 Å². The molecule has 0 spiro atoms. The Balaban J connectivity index is 1.65. The smallest absolute Gasteiger partial charge is 0.255 e. The summed E-state index contributed by atoms with van der Waals surface area (Å²) in [6, 6.07) is 15.3. The zero-order chi connectivity index (χ0) is 21.1. The van der Waals surface area contributed by atoms with E-state index in [-0.39, 0.29) is 17.9 Å². The first-order chi connectivity index (χ1) is 14.5. The average Bonchev–Trinajstić information content (AvgIpc) is 3.01. The highest BCUT2D eigenvalue weighted by atomic mass is 35.5. The topological polar surface area (TPSA) is 49.4 Å². The summed E-state index contributed by atoms with van der Waals surface area (Å²) in [5.41, 5.74) is 1.65. The van der Waals surface area contributed by atoms with Gasteiger partial charge < -0.3 is 10.2 Å². The number of nitrogens with zero attached hydrogens (tertiary/aromatic N) is 1. The first-order valence-electron chi connectivity index (χ1n) is 10.9. The minimum Gasteiger partial charge on any atom is -0.351 e. The highest BCUT2D eigenvalue weighted by Gasteiger charge is 2.47. The van der Waals surface area contributed by atoms with Crippen molar-refractivity contribution in [3.63, 3.8) is 0 Å². The summed E-state index contributed by atoms with van der Waals surface area (Å²) in [5, 5.41) is 3.95. The van der Waals surface area contributed by atoms with Gasteiger partial charge in [0.05, 0.1) is 0 Å². The van der Waals surface area contributed by atoms with Gasteiger partial charge in [0.25, 0.3) is 5.91 Å². The van der Waals surface area contributed by atoms with Crippen LogP contribution in [0.4, 0.5) is 0 Å². The van der Waals surface area contributed by atoms with Crippen molar-refractivity contribution in [2.24, 2.45) is 0 Å². The quantitative estimate of drug-likeness (QED) is 0.691. The van der Waals surface area contributed by atoms with E-state index in [0.29, 0.717) is 23.6 Å². The lowest BCUT2D eigenvalue weighted by atomic mass is 9.82. The lowest BCUT2D eigenvalue weighted by molar-refractivity contribution is -0.132. The van der Waals surface area contributed by atoms with Gasteiger partial charge >= 0.3 is 0 Å². The molecule has 0 aromatic heterocycles. The highest BCUT2D eigenvalue weighted by Crippen LogP contribution is 2.33. The van der Waals surface area contributed by atoms with E-state index in [1.165, 1.54) is 12.8 Å². The second-order valence-electron chi connectivity index (χ2n) is 8.79. The van der Waals surface area contributed by atoms with Crippen molar-refractivity contribution in [1.29, 1.82) is 0 Å². The first kappa shape index (κ1) is 20.9. The van der Waals surface area contributed by atoms with Gasteiger partial charge in [-0.25, -0.2) is 0 Å². The maximum Gasteiger partial charge on any atom is 0.255 e. The number of carbonyl (C=O) groups excluding carboxylic acids is 2. The van der Waals surface area contributed by atoms with Crippen molar-refractivity contribution in [1.82, 2.24) is 10.2 Å². The molecular formula is C25H29ClN2O2. The van der Waals surface area contributed by atoms with E-state index >= 15 is 0 Å². The molecule has 0 radical (unpaired) electrons. The number of nitrogens with one attached hydrogen (secondary N) is 1. The number of hydrogen-bond donors (Lipinski definition) is 1. The van der Waals surface area contributed by atoms with Crippen LogP contribution in [0.15, 0.2) is 48.5 Å². The van der Waals surface area contributed by atoms with Crippen molar-refractivity contribution in [3.8, 4) is 0 Å². The SMILES string of the molecule is C[C@]1(C(=O)NC2CCCCCC2)Cc2ccccc2C(=O)N1Cc1ccc(Cl)cc1. The van der Waals surface area contributed by atoms with Gasteiger partial charge in [0.15, 0.2) is 0 Å². The number of hydrogen-bond acceptors (Lipinski definition) is 2. The molecule has 1 aliphatic carbocycles. The van der Waals surface area contributed by atoms with Crippen LogP contribution < -0.4 is 5.32 Å². The molecule has 2 aromatic rings. The molecule has 1 fully saturated rings. The van der Waals surface area contributed by atoms with Crippen molar-refractivity contribution < 1.29 is 9.59 Å². The molecule has 2 amide bonds. The monoisotopic (exact) mass is 424 g/mol. The van der Waals surface area contributed by atoms with Crippen LogP contribution >= 0.6 is 11.6 Å². The van der Waals surface area contributed by atoms with Crippen molar-refractivity contribution >= 4 is 23.4 Å². The Morgan fingerprint density at radius 3 is 2.43 bits per heavy atom. The summed E-state index contributed by atoms with van der Waals surface area (Å²) in [7, 11) is 0. The molecule has 1 atom stereocenters. The molecule has 1 N–H and O–H groups in total. The summed E-state index contributed by atoms with van der Waals surface area (Å²) in [5.74, 6) is -0.142. The van der Waals surface area contributed by atoms with Crippen LogP contribution in [0.1, 0.15) is 66.9 Å². The number of halogens is 1. The Morgan fingerprint density at radius 2 is 1.73 bits per heavy atom. The standard InChI is InChI=1S/C25H29ClN2O2/c1-25(24(30)27-21-9-4-2-3-5-10-21)16-19-8-6-7-11-22(19)23(29)28(25)17-18-12-14-20(26)15-13-18/h6-8,11-15,21H,2-5,9-10,16-17H2,1H3,(H,27,30)/t25-/m1/s1. The summed E-state index contributed by atoms with van der Waals surface area (Å²) in [6.07, 6.45) is 7.32. The minimum atomic E-state index is -0.933. The van der Waals surface area contributed by atoms with Gasteiger partial charge in [-0.05, 0) is 49.1 Å². The summed E-state index contributed by atoms with van der Waals surface area (Å²) in [6.45, 7) is 2.28. The highest BCUT2D eigenvalue weighted by molar-refractivity contribution is 6.30. The molecule has 0 unspecified atom stereocenters. The molecule has 2 aromatic carbocycles. The van der Waals surface area contributed by atoms with E-state index in [1.54, 1.807) is 4.90 Å². The van der Waals surface area contributed by atoms with Crippen LogP contribution in [-0.4, -0.2) is 28.3 Å². The predicted molar refractivity (Wildman–Crippen MR) is 120 cm³/mol. The normalized spacial score (nSPS) is 22.3. The zero-order valence-corrected chi connectivity index (χ0v) is 18.3. The van der Waals surface area contributed by atoms with Gasteiger partial charge in [0.1, 0.15) is 5.54 Å². The molecular weight excluding hydrogens is 396 g/mol. The number of rotatable bonds is 4. The van der Waals surface area contributed by atoms with Gasteiger partial charge in [-0.2, -0.15) is 0 Å². The number of benzene rings is 2. The van der Waals surface area contributed by atoms with Crippen LogP contribution in [0.3, 0.4) is 0 Å². The molecule has 158 valence electrons. The number of amides is 2. The fourth-order valence-electron chi connectivity index (χ4n) is 4.71. The predicted octanol–water partition coefficient (Wildman–Crippen LogP) is 5.14. The Kier molecular flexibility index (Phi) is 6.14. The summed E-state index contributed by atoms with van der Waals surface area (Å²) >= 11 is 6.03. The van der Waals surface area contributed by atoms with Gasteiger partial charge in [-0.3, -0.25) is 9.59 Å². The molecule has 0 saturated heterocycles. The van der Waals surface area contributed by atoms with Crippen LogP contribution in [-0.2, 0) is 17.8 Å². The lowest BCUT2D eigenvalue weighted by Crippen LogP contribution is -2.63. The van der Waals surface area contributed by atoms with E-state index in [0.717, 1.165) is 36.8 Å². The molecule has 4 rings (SSSR count). The van der Waals surface area contributed by atoms with Crippen molar-refractivity contribution in [3.05, 3.63) is 70.2 Å². The van der Waals surface area contributed by atoms with Crippen molar-refractivity contribution in [2.75, 3.05) is 0 Å². The fraction of sp³-hybridized carbons (Fsp3) is 0.440. The second kappa shape index (κ2) is 8.81. The molecule has 1 heterocycles. The van der Waals surface area contributed by atoms with Gasteiger partial charge in [-0.15, -0.1) is 0 Å². The molecule has 4 nitrogen and oxygen atoms in total. The Hall–Kier alpha value is -2.33. The maximum absolute atomic E-state index is 13.6. The Labute approximate surface area is 183 Å². The van der Waals surface area contributed by atoms with Crippen molar-refractivity contribution in [2.45, 2.75) is 70.0 Å². The minimum absolute atomic E-state index is 0.0498. The third kappa shape index (κ3) is 4.24. The van der Waals surface area contributed by atoms with Gasteiger partial charge in [0, 0.05) is 29.6 Å². The Bertz CT molecular complexity index is 919. The molecule has 30 heavy (non-hydrogen) atoms. The largest absolute Gasteiger partial charge is 0.351 e. The summed E-state index contributed by atoms with van der Waals surface area (Å²) < 4.78 is 0. The molecule has 2 aliphatic rings. The van der Waals surface area contributed by atoms with E-state index in [2.05, 4.69) is 5.32 Å². The number of fused-ring (bicyclic) bond motifs is 1. The Morgan fingerprint density at radius 1 is 1.07 bits per heavy atom. The van der Waals surface area contributed by atoms with Crippen LogP contribution in [0.5, 0.6) is 0 Å². The number of carbonyl (C=O) groups is 2.